The standard InChI is InChI=1S/C27H32Cl2N6O4/c1-27(2,3)39-26(36)34-17-10-6-9-16(17)33-21-12-18(31-14-32-21)15-8-7-11-30-25(15)35-24-22(28)19(37-4)13-20(38-5)23(24)29/h7-8,11-14,16-17H,6,9-10H2,1-5H3,(H,30,35)(H,34,36)(H,31,32,33). The molecule has 2 heterocycles. The van der Waals surface area contributed by atoms with Crippen molar-refractivity contribution in [1.29, 1.82) is 0 Å². The van der Waals surface area contributed by atoms with Crippen molar-refractivity contribution in [2.24, 2.45) is 0 Å². The molecule has 1 fully saturated rings. The summed E-state index contributed by atoms with van der Waals surface area (Å²) in [7, 11) is 3.02. The molecule has 3 N–H and O–H groups in total. The van der Waals surface area contributed by atoms with E-state index in [-0.39, 0.29) is 22.1 Å². The molecule has 1 aliphatic rings. The predicted octanol–water partition coefficient (Wildman–Crippen LogP) is 6.46. The number of aromatic nitrogens is 3. The van der Waals surface area contributed by atoms with Gasteiger partial charge in [0, 0.05) is 29.9 Å². The molecule has 0 radical (unpaired) electrons. The lowest BCUT2D eigenvalue weighted by molar-refractivity contribution is 0.0503. The number of nitrogens with zero attached hydrogens (tertiary/aromatic N) is 3. The van der Waals surface area contributed by atoms with Crippen LogP contribution < -0.4 is 25.4 Å². The number of hydrogen-bond donors (Lipinski definition) is 3. The third-order valence-electron chi connectivity index (χ3n) is 6.12. The second-order valence-electron chi connectivity index (χ2n) is 10.0. The van der Waals surface area contributed by atoms with Crippen molar-refractivity contribution in [3.05, 3.63) is 46.8 Å². The van der Waals surface area contributed by atoms with Crippen molar-refractivity contribution in [2.45, 2.75) is 57.7 Å². The SMILES string of the molecule is COc1cc(OC)c(Cl)c(Nc2ncccc2-c2cc(NC3CCCC3NC(=O)OC(C)(C)C)ncn2)c1Cl. The number of amides is 1. The first-order chi connectivity index (χ1) is 18.6. The molecule has 0 bridgehead atoms. The molecule has 10 nitrogen and oxygen atoms in total. The molecule has 0 aliphatic heterocycles. The van der Waals surface area contributed by atoms with Gasteiger partial charge in [0.2, 0.25) is 0 Å². The molecule has 2 unspecified atom stereocenters. The summed E-state index contributed by atoms with van der Waals surface area (Å²) in [6.07, 6.45) is 5.40. The number of nitrogens with one attached hydrogen (secondary N) is 3. The number of ether oxygens (including phenoxy) is 3. The molecule has 208 valence electrons. The summed E-state index contributed by atoms with van der Waals surface area (Å²) in [5.74, 6) is 1.90. The number of hydrogen-bond acceptors (Lipinski definition) is 9. The lowest BCUT2D eigenvalue weighted by Crippen LogP contribution is -2.45. The molecule has 4 rings (SSSR count). The average Bonchev–Trinajstić information content (AvgIpc) is 3.32. The van der Waals surface area contributed by atoms with Crippen LogP contribution in [-0.2, 0) is 4.74 Å². The fourth-order valence-electron chi connectivity index (χ4n) is 4.36. The Kier molecular flexibility index (Phi) is 8.87. The maximum absolute atomic E-state index is 12.3. The fourth-order valence-corrected chi connectivity index (χ4v) is 4.96. The Morgan fingerprint density at radius 1 is 1.00 bits per heavy atom. The molecule has 12 heteroatoms. The maximum Gasteiger partial charge on any atom is 0.407 e. The van der Waals surface area contributed by atoms with Crippen LogP contribution >= 0.6 is 23.2 Å². The highest BCUT2D eigenvalue weighted by atomic mass is 35.5. The number of carbonyl (C=O) groups excluding carboxylic acids is 1. The highest BCUT2D eigenvalue weighted by Gasteiger charge is 2.30. The highest BCUT2D eigenvalue weighted by molar-refractivity contribution is 6.41. The Labute approximate surface area is 237 Å². The highest BCUT2D eigenvalue weighted by Crippen LogP contribution is 2.45. The van der Waals surface area contributed by atoms with Crippen molar-refractivity contribution in [2.75, 3.05) is 24.9 Å². The molecule has 0 spiro atoms. The first kappa shape index (κ1) is 28.5. The fraction of sp³-hybridized carbons (Fsp3) is 0.407. The van der Waals surface area contributed by atoms with Crippen LogP contribution in [0.25, 0.3) is 11.3 Å². The number of rotatable bonds is 8. The molecule has 1 aliphatic carbocycles. The van der Waals surface area contributed by atoms with E-state index in [1.807, 2.05) is 39.0 Å². The van der Waals surface area contributed by atoms with Gasteiger partial charge in [0.15, 0.2) is 0 Å². The zero-order chi connectivity index (χ0) is 28.2. The number of carbonyl (C=O) groups is 1. The van der Waals surface area contributed by atoms with E-state index in [1.54, 1.807) is 12.3 Å². The van der Waals surface area contributed by atoms with Crippen LogP contribution in [0.3, 0.4) is 0 Å². The second kappa shape index (κ2) is 12.1. The largest absolute Gasteiger partial charge is 0.495 e. The van der Waals surface area contributed by atoms with Gasteiger partial charge in [-0.3, -0.25) is 0 Å². The van der Waals surface area contributed by atoms with Gasteiger partial charge in [0.05, 0.1) is 31.6 Å². The van der Waals surface area contributed by atoms with Crippen LogP contribution in [0.5, 0.6) is 11.5 Å². The van der Waals surface area contributed by atoms with Crippen LogP contribution in [-0.4, -0.2) is 52.9 Å². The van der Waals surface area contributed by atoms with Crippen molar-refractivity contribution in [3.8, 4) is 22.8 Å². The second-order valence-corrected chi connectivity index (χ2v) is 10.8. The predicted molar refractivity (Wildman–Crippen MR) is 153 cm³/mol. The van der Waals surface area contributed by atoms with Crippen molar-refractivity contribution >= 4 is 46.6 Å². The number of anilines is 3. The molecule has 2 aromatic heterocycles. The molecule has 1 saturated carbocycles. The smallest absolute Gasteiger partial charge is 0.407 e. The van der Waals surface area contributed by atoms with Gasteiger partial charge in [-0.25, -0.2) is 19.7 Å². The summed E-state index contributed by atoms with van der Waals surface area (Å²) >= 11 is 13.1. The minimum absolute atomic E-state index is 0.00590. The van der Waals surface area contributed by atoms with E-state index in [4.69, 9.17) is 37.4 Å². The Balaban J connectivity index is 1.57. The molecule has 2 atom stereocenters. The van der Waals surface area contributed by atoms with Gasteiger partial charge in [-0.2, -0.15) is 0 Å². The number of methoxy groups -OCH3 is 2. The van der Waals surface area contributed by atoms with Gasteiger partial charge in [-0.15, -0.1) is 0 Å². The molecule has 0 saturated heterocycles. The van der Waals surface area contributed by atoms with E-state index in [0.717, 1.165) is 19.3 Å². The van der Waals surface area contributed by atoms with Gasteiger partial charge < -0.3 is 30.2 Å². The summed E-state index contributed by atoms with van der Waals surface area (Å²) < 4.78 is 16.2. The van der Waals surface area contributed by atoms with Crippen molar-refractivity contribution in [1.82, 2.24) is 20.3 Å². The zero-order valence-corrected chi connectivity index (χ0v) is 24.0. The first-order valence-corrected chi connectivity index (χ1v) is 13.3. The molecule has 3 aromatic rings. The number of pyridine rings is 1. The van der Waals surface area contributed by atoms with E-state index in [9.17, 15) is 4.79 Å². The topological polar surface area (TPSA) is 120 Å². The van der Waals surface area contributed by atoms with Crippen LogP contribution in [0.2, 0.25) is 10.0 Å². The van der Waals surface area contributed by atoms with Gasteiger partial charge in [0.1, 0.15) is 45.1 Å². The lowest BCUT2D eigenvalue weighted by Gasteiger charge is -2.25. The van der Waals surface area contributed by atoms with Gasteiger partial charge >= 0.3 is 6.09 Å². The number of benzene rings is 1. The van der Waals surface area contributed by atoms with Crippen LogP contribution in [0, 0.1) is 0 Å². The van der Waals surface area contributed by atoms with Crippen LogP contribution in [0.15, 0.2) is 36.8 Å². The lowest BCUT2D eigenvalue weighted by atomic mass is 10.1. The van der Waals surface area contributed by atoms with Crippen LogP contribution in [0.1, 0.15) is 40.0 Å². The van der Waals surface area contributed by atoms with Gasteiger partial charge in [-0.1, -0.05) is 23.2 Å². The summed E-state index contributed by atoms with van der Waals surface area (Å²) in [6.45, 7) is 5.52. The molecule has 1 amide bonds. The summed E-state index contributed by atoms with van der Waals surface area (Å²) in [5.41, 5.74) is 1.16. The summed E-state index contributed by atoms with van der Waals surface area (Å²) in [6, 6.07) is 7.05. The minimum Gasteiger partial charge on any atom is -0.495 e. The zero-order valence-electron chi connectivity index (χ0n) is 22.5. The molecular weight excluding hydrogens is 543 g/mol. The summed E-state index contributed by atoms with van der Waals surface area (Å²) in [5, 5.41) is 10.2. The Morgan fingerprint density at radius 3 is 2.36 bits per heavy atom. The molecular formula is C27H32Cl2N6O4. The van der Waals surface area contributed by atoms with E-state index < -0.39 is 11.7 Å². The number of alkyl carbamates (subject to hydrolysis) is 1. The van der Waals surface area contributed by atoms with Crippen molar-refractivity contribution < 1.29 is 19.0 Å². The summed E-state index contributed by atoms with van der Waals surface area (Å²) in [4.78, 5) is 25.7. The first-order valence-electron chi connectivity index (χ1n) is 12.5. The van der Waals surface area contributed by atoms with Gasteiger partial charge in [0.25, 0.3) is 0 Å². The van der Waals surface area contributed by atoms with E-state index >= 15 is 0 Å². The van der Waals surface area contributed by atoms with Crippen LogP contribution in [0.4, 0.5) is 22.1 Å². The van der Waals surface area contributed by atoms with Crippen molar-refractivity contribution in [3.63, 3.8) is 0 Å². The number of halogens is 2. The normalized spacial score (nSPS) is 16.9. The van der Waals surface area contributed by atoms with Gasteiger partial charge in [-0.05, 0) is 52.2 Å². The van der Waals surface area contributed by atoms with E-state index in [2.05, 4.69) is 30.9 Å². The quantitative estimate of drug-likeness (QED) is 0.278. The monoisotopic (exact) mass is 574 g/mol. The molecule has 1 aromatic carbocycles. The third-order valence-corrected chi connectivity index (χ3v) is 6.87. The Bertz CT molecular complexity index is 1310. The molecule has 39 heavy (non-hydrogen) atoms. The van der Waals surface area contributed by atoms with E-state index in [1.165, 1.54) is 20.5 Å². The third kappa shape index (κ3) is 6.93. The Hall–Kier alpha value is -3.50. The maximum atomic E-state index is 12.3. The Morgan fingerprint density at radius 2 is 1.69 bits per heavy atom. The average molecular weight is 575 g/mol. The minimum atomic E-state index is -0.562. The van der Waals surface area contributed by atoms with E-state index in [0.29, 0.717) is 40.1 Å².